The number of hydrogen-bond acceptors (Lipinski definition) is 1. The van der Waals surface area contributed by atoms with Crippen LogP contribution >= 0.6 is 22.6 Å². The highest BCUT2D eigenvalue weighted by Gasteiger charge is 2.23. The smallest absolute Gasteiger partial charge is 0.0688 e. The second kappa shape index (κ2) is 3.01. The molecular formula is C6H11IO. The van der Waals surface area contributed by atoms with E-state index in [2.05, 4.69) is 22.6 Å². The van der Waals surface area contributed by atoms with Crippen molar-refractivity contribution in [1.82, 2.24) is 0 Å². The fourth-order valence-corrected chi connectivity index (χ4v) is 2.24. The first-order valence-electron chi connectivity index (χ1n) is 3.01. The molecule has 1 rings (SSSR count). The van der Waals surface area contributed by atoms with E-state index in [0.29, 0.717) is 6.10 Å². The van der Waals surface area contributed by atoms with Gasteiger partial charge in [-0.2, -0.15) is 0 Å². The average molecular weight is 226 g/mol. The minimum Gasteiger partial charge on any atom is -0.380 e. The van der Waals surface area contributed by atoms with Gasteiger partial charge in [0.05, 0.1) is 6.10 Å². The molecular weight excluding hydrogens is 215 g/mol. The first kappa shape index (κ1) is 6.81. The standard InChI is InChI=1S/C6H11IO/c1-8-6-4-2-3-5(6)7/h5-6H,2-4H2,1H3/t5?,6-/m1/s1. The van der Waals surface area contributed by atoms with Crippen LogP contribution in [0.2, 0.25) is 0 Å². The zero-order valence-corrected chi connectivity index (χ0v) is 7.22. The van der Waals surface area contributed by atoms with E-state index in [1.807, 2.05) is 7.11 Å². The van der Waals surface area contributed by atoms with Crippen LogP contribution in [0.4, 0.5) is 0 Å². The molecule has 1 fully saturated rings. The molecule has 0 aromatic carbocycles. The molecule has 8 heavy (non-hydrogen) atoms. The zero-order valence-electron chi connectivity index (χ0n) is 5.06. The molecule has 0 amide bonds. The van der Waals surface area contributed by atoms with E-state index in [1.54, 1.807) is 0 Å². The van der Waals surface area contributed by atoms with Crippen molar-refractivity contribution in [3.05, 3.63) is 0 Å². The first-order valence-corrected chi connectivity index (χ1v) is 4.26. The molecule has 48 valence electrons. The van der Waals surface area contributed by atoms with Gasteiger partial charge in [0.1, 0.15) is 0 Å². The molecule has 2 heteroatoms. The van der Waals surface area contributed by atoms with E-state index < -0.39 is 0 Å². The minimum atomic E-state index is 0.551. The Morgan fingerprint density at radius 3 is 2.50 bits per heavy atom. The van der Waals surface area contributed by atoms with Gasteiger partial charge in [-0.25, -0.2) is 0 Å². The van der Waals surface area contributed by atoms with Crippen molar-refractivity contribution in [2.45, 2.75) is 29.3 Å². The highest BCUT2D eigenvalue weighted by Crippen LogP contribution is 2.27. The van der Waals surface area contributed by atoms with Crippen LogP contribution in [0.25, 0.3) is 0 Å². The summed E-state index contributed by atoms with van der Waals surface area (Å²) in [6.45, 7) is 0. The van der Waals surface area contributed by atoms with Crippen molar-refractivity contribution in [3.63, 3.8) is 0 Å². The predicted octanol–water partition coefficient (Wildman–Crippen LogP) is 1.99. The molecule has 1 aliphatic rings. The quantitative estimate of drug-likeness (QED) is 0.490. The largest absolute Gasteiger partial charge is 0.380 e. The summed E-state index contributed by atoms with van der Waals surface area (Å²) >= 11 is 2.47. The number of halogens is 1. The summed E-state index contributed by atoms with van der Waals surface area (Å²) in [5, 5.41) is 0. The molecule has 0 saturated heterocycles. The molecule has 1 aliphatic carbocycles. The second-order valence-corrected chi connectivity index (χ2v) is 3.82. The van der Waals surface area contributed by atoms with E-state index in [4.69, 9.17) is 4.74 Å². The lowest BCUT2D eigenvalue weighted by atomic mass is 10.3. The summed E-state index contributed by atoms with van der Waals surface area (Å²) in [5.74, 6) is 0. The molecule has 2 atom stereocenters. The Labute approximate surface area is 63.9 Å². The number of rotatable bonds is 1. The summed E-state index contributed by atoms with van der Waals surface area (Å²) in [7, 11) is 1.81. The Morgan fingerprint density at radius 1 is 1.50 bits per heavy atom. The summed E-state index contributed by atoms with van der Waals surface area (Å²) in [6, 6.07) is 0. The Bertz CT molecular complexity index is 74.9. The average Bonchev–Trinajstić information content (AvgIpc) is 2.14. The summed E-state index contributed by atoms with van der Waals surface area (Å²) < 4.78 is 5.99. The van der Waals surface area contributed by atoms with Gasteiger partial charge in [-0.1, -0.05) is 22.6 Å². The van der Waals surface area contributed by atoms with Crippen LogP contribution in [0.5, 0.6) is 0 Å². The van der Waals surface area contributed by atoms with E-state index in [9.17, 15) is 0 Å². The third kappa shape index (κ3) is 1.35. The van der Waals surface area contributed by atoms with Gasteiger partial charge in [-0.05, 0) is 19.3 Å². The molecule has 0 heterocycles. The summed E-state index contributed by atoms with van der Waals surface area (Å²) in [5.41, 5.74) is 0. The SMILES string of the molecule is CO[C@@H]1CCCC1I. The maximum Gasteiger partial charge on any atom is 0.0688 e. The number of hydrogen-bond donors (Lipinski definition) is 0. The lowest BCUT2D eigenvalue weighted by Gasteiger charge is -2.09. The van der Waals surface area contributed by atoms with Gasteiger partial charge in [0.15, 0.2) is 0 Å². The normalized spacial score (nSPS) is 38.2. The van der Waals surface area contributed by atoms with E-state index >= 15 is 0 Å². The van der Waals surface area contributed by atoms with Gasteiger partial charge >= 0.3 is 0 Å². The predicted molar refractivity (Wildman–Crippen MR) is 42.5 cm³/mol. The van der Waals surface area contributed by atoms with Crippen molar-refractivity contribution < 1.29 is 4.74 Å². The van der Waals surface area contributed by atoms with Gasteiger partial charge in [-0.3, -0.25) is 0 Å². The monoisotopic (exact) mass is 226 g/mol. The van der Waals surface area contributed by atoms with Crippen LogP contribution in [0.15, 0.2) is 0 Å². The lowest BCUT2D eigenvalue weighted by Crippen LogP contribution is -2.14. The van der Waals surface area contributed by atoms with Crippen molar-refractivity contribution in [2.24, 2.45) is 0 Å². The summed E-state index contributed by atoms with van der Waals surface area (Å²) in [4.78, 5) is 0. The van der Waals surface area contributed by atoms with Gasteiger partial charge < -0.3 is 4.74 Å². The molecule has 0 aromatic heterocycles. The third-order valence-electron chi connectivity index (χ3n) is 1.67. The Morgan fingerprint density at radius 2 is 2.25 bits per heavy atom. The van der Waals surface area contributed by atoms with Gasteiger partial charge in [0, 0.05) is 11.0 Å². The van der Waals surface area contributed by atoms with E-state index in [-0.39, 0.29) is 0 Å². The van der Waals surface area contributed by atoms with Crippen LogP contribution in [-0.2, 0) is 4.74 Å². The van der Waals surface area contributed by atoms with Gasteiger partial charge in [0.25, 0.3) is 0 Å². The molecule has 1 nitrogen and oxygen atoms in total. The molecule has 0 spiro atoms. The summed E-state index contributed by atoms with van der Waals surface area (Å²) in [6.07, 6.45) is 4.52. The Kier molecular flexibility index (Phi) is 2.56. The van der Waals surface area contributed by atoms with Crippen LogP contribution in [-0.4, -0.2) is 17.1 Å². The van der Waals surface area contributed by atoms with Crippen molar-refractivity contribution >= 4 is 22.6 Å². The molecule has 1 unspecified atom stereocenters. The van der Waals surface area contributed by atoms with E-state index in [0.717, 1.165) is 3.92 Å². The fraction of sp³-hybridized carbons (Fsp3) is 1.00. The lowest BCUT2D eigenvalue weighted by molar-refractivity contribution is 0.116. The first-order chi connectivity index (χ1) is 3.84. The number of methoxy groups -OCH3 is 1. The topological polar surface area (TPSA) is 9.23 Å². The van der Waals surface area contributed by atoms with Crippen LogP contribution < -0.4 is 0 Å². The third-order valence-corrected chi connectivity index (χ3v) is 3.10. The minimum absolute atomic E-state index is 0.551. The molecule has 0 aromatic rings. The molecule has 1 saturated carbocycles. The van der Waals surface area contributed by atoms with Gasteiger partial charge in [-0.15, -0.1) is 0 Å². The Hall–Kier alpha value is 0.690. The van der Waals surface area contributed by atoms with Crippen LogP contribution in [0, 0.1) is 0 Å². The second-order valence-electron chi connectivity index (χ2n) is 2.22. The van der Waals surface area contributed by atoms with Crippen LogP contribution in [0.3, 0.4) is 0 Å². The highest BCUT2D eigenvalue weighted by atomic mass is 127. The van der Waals surface area contributed by atoms with E-state index in [1.165, 1.54) is 19.3 Å². The van der Waals surface area contributed by atoms with Gasteiger partial charge in [0.2, 0.25) is 0 Å². The molecule has 0 bridgehead atoms. The molecule has 0 radical (unpaired) electrons. The molecule has 0 N–H and O–H groups in total. The van der Waals surface area contributed by atoms with Crippen LogP contribution in [0.1, 0.15) is 19.3 Å². The van der Waals surface area contributed by atoms with Crippen molar-refractivity contribution in [2.75, 3.05) is 7.11 Å². The van der Waals surface area contributed by atoms with Crippen molar-refractivity contribution in [3.8, 4) is 0 Å². The van der Waals surface area contributed by atoms with Crippen molar-refractivity contribution in [1.29, 1.82) is 0 Å². The molecule has 0 aliphatic heterocycles. The Balaban J connectivity index is 2.30. The maximum absolute atomic E-state index is 5.22. The number of ether oxygens (including phenoxy) is 1. The maximum atomic E-state index is 5.22. The fourth-order valence-electron chi connectivity index (χ4n) is 1.15. The zero-order chi connectivity index (χ0) is 5.98. The highest BCUT2D eigenvalue weighted by molar-refractivity contribution is 14.1. The number of alkyl halides is 1.